The quantitative estimate of drug-likeness (QED) is 0.557. The Morgan fingerprint density at radius 3 is 2.69 bits per heavy atom. The van der Waals surface area contributed by atoms with Crippen LogP contribution in [0.5, 0.6) is 0 Å². The van der Waals surface area contributed by atoms with Crippen LogP contribution in [-0.4, -0.2) is 44.9 Å². The molecule has 4 unspecified atom stereocenters. The molecule has 4 rings (SSSR count). The van der Waals surface area contributed by atoms with Crippen molar-refractivity contribution >= 4 is 29.1 Å². The average Bonchev–Trinajstić information content (AvgIpc) is 3.40. The van der Waals surface area contributed by atoms with E-state index in [9.17, 15) is 19.5 Å². The van der Waals surface area contributed by atoms with Gasteiger partial charge in [0.25, 0.3) is 0 Å². The average molecular weight is 411 g/mol. The van der Waals surface area contributed by atoms with E-state index in [1.54, 1.807) is 23.7 Å². The fourth-order valence-corrected chi connectivity index (χ4v) is 5.14. The van der Waals surface area contributed by atoms with E-state index in [0.717, 1.165) is 5.56 Å². The Morgan fingerprint density at radius 2 is 2.07 bits per heavy atom. The van der Waals surface area contributed by atoms with Crippen molar-refractivity contribution in [2.24, 2.45) is 11.8 Å². The van der Waals surface area contributed by atoms with Gasteiger partial charge in [0.2, 0.25) is 11.8 Å². The number of carboxylic acids is 1. The molecular weight excluding hydrogens is 390 g/mol. The monoisotopic (exact) mass is 411 g/mol. The molecule has 2 aliphatic heterocycles. The summed E-state index contributed by atoms with van der Waals surface area (Å²) in [5, 5.41) is 15.8. The van der Waals surface area contributed by atoms with Gasteiger partial charge < -0.3 is 5.11 Å². The number of carbonyl (C=O) groups excluding carboxylic acids is 2. The van der Waals surface area contributed by atoms with E-state index >= 15 is 0 Å². The number of thiazole rings is 1. The van der Waals surface area contributed by atoms with Crippen molar-refractivity contribution in [3.8, 4) is 0 Å². The zero-order valence-corrected chi connectivity index (χ0v) is 16.6. The van der Waals surface area contributed by atoms with Crippen LogP contribution in [0.15, 0.2) is 54.1 Å². The lowest BCUT2D eigenvalue weighted by molar-refractivity contribution is -0.151. The number of hydrogen-bond acceptors (Lipinski definition) is 6. The number of aromatic nitrogens is 1. The molecule has 3 heterocycles. The van der Waals surface area contributed by atoms with Gasteiger partial charge in [0.05, 0.1) is 17.9 Å². The van der Waals surface area contributed by atoms with Crippen LogP contribution in [0.2, 0.25) is 0 Å². The zero-order valence-electron chi connectivity index (χ0n) is 15.8. The van der Waals surface area contributed by atoms with Gasteiger partial charge >= 0.3 is 5.97 Å². The topological polar surface area (TPSA) is 99.6 Å². The molecule has 7 nitrogen and oxygen atoms in total. The van der Waals surface area contributed by atoms with Crippen LogP contribution in [0.1, 0.15) is 23.5 Å². The molecule has 0 bridgehead atoms. The van der Waals surface area contributed by atoms with Gasteiger partial charge in [-0.2, -0.15) is 0 Å². The molecule has 4 atom stereocenters. The first-order chi connectivity index (χ1) is 14.0. The van der Waals surface area contributed by atoms with Crippen LogP contribution in [-0.2, 0) is 20.8 Å². The van der Waals surface area contributed by atoms with Gasteiger partial charge in [-0.3, -0.25) is 24.6 Å². The van der Waals surface area contributed by atoms with Crippen molar-refractivity contribution < 1.29 is 19.5 Å². The highest BCUT2D eigenvalue weighted by Crippen LogP contribution is 2.50. The number of likely N-dealkylation sites (tertiary alicyclic amines) is 1. The molecule has 0 radical (unpaired) electrons. The number of carbonyl (C=O) groups is 3. The molecule has 2 aromatic rings. The zero-order chi connectivity index (χ0) is 20.6. The number of allylic oxidation sites excluding steroid dienone is 1. The van der Waals surface area contributed by atoms with Crippen molar-refractivity contribution in [3.63, 3.8) is 0 Å². The molecule has 2 N–H and O–H groups in total. The SMILES string of the molecule is C/C=C/CN1C(=O)C2C(c3nccs3)NC(Cc3ccccc3)(C(=O)O)C2C1=O. The summed E-state index contributed by atoms with van der Waals surface area (Å²) in [6.07, 6.45) is 5.21. The molecule has 0 saturated carbocycles. The molecule has 8 heteroatoms. The standard InChI is InChI=1S/C21H21N3O4S/c1-2-3-10-24-18(25)14-15(19(24)26)21(20(27)28,12-13-7-5-4-6-8-13)23-16(14)17-22-9-11-29-17/h2-9,11,14-16,23H,10,12H2,1H3,(H,27,28)/b3-2+. The lowest BCUT2D eigenvalue weighted by Crippen LogP contribution is -2.57. The third-order valence-corrected chi connectivity index (χ3v) is 6.55. The number of benzene rings is 1. The fraction of sp³-hybridized carbons (Fsp3) is 0.333. The van der Waals surface area contributed by atoms with Crippen molar-refractivity contribution in [2.45, 2.75) is 24.9 Å². The van der Waals surface area contributed by atoms with E-state index < -0.39 is 35.3 Å². The molecule has 2 amide bonds. The van der Waals surface area contributed by atoms with Crippen molar-refractivity contribution in [2.75, 3.05) is 6.54 Å². The number of rotatable bonds is 6. The summed E-state index contributed by atoms with van der Waals surface area (Å²) < 4.78 is 0. The Labute approximate surface area is 172 Å². The number of carboxylic acid groups (broad SMARTS) is 1. The third kappa shape index (κ3) is 3.08. The Kier molecular flexibility index (Phi) is 5.06. The second kappa shape index (κ2) is 7.53. The smallest absolute Gasteiger partial charge is 0.325 e. The first kappa shape index (κ1) is 19.5. The lowest BCUT2D eigenvalue weighted by atomic mass is 9.76. The van der Waals surface area contributed by atoms with Crippen LogP contribution in [0.3, 0.4) is 0 Å². The summed E-state index contributed by atoms with van der Waals surface area (Å²) in [5.74, 6) is -3.71. The van der Waals surface area contributed by atoms with Crippen molar-refractivity contribution in [1.29, 1.82) is 0 Å². The number of nitrogens with zero attached hydrogens (tertiary/aromatic N) is 2. The molecular formula is C21H21N3O4S. The molecule has 2 fully saturated rings. The molecule has 0 spiro atoms. The number of aliphatic carboxylic acids is 1. The van der Waals surface area contributed by atoms with Gasteiger partial charge in [-0.15, -0.1) is 11.3 Å². The number of fused-ring (bicyclic) bond motifs is 1. The maximum Gasteiger partial charge on any atom is 0.325 e. The summed E-state index contributed by atoms with van der Waals surface area (Å²) in [7, 11) is 0. The van der Waals surface area contributed by atoms with Gasteiger partial charge in [-0.05, 0) is 12.5 Å². The maximum absolute atomic E-state index is 13.3. The molecule has 2 aliphatic rings. The Morgan fingerprint density at radius 1 is 1.31 bits per heavy atom. The van der Waals surface area contributed by atoms with Gasteiger partial charge in [-0.25, -0.2) is 4.98 Å². The largest absolute Gasteiger partial charge is 0.480 e. The molecule has 1 aromatic carbocycles. The number of nitrogens with one attached hydrogen (secondary N) is 1. The first-order valence-corrected chi connectivity index (χ1v) is 10.3. The molecule has 29 heavy (non-hydrogen) atoms. The summed E-state index contributed by atoms with van der Waals surface area (Å²) in [4.78, 5) is 44.5. The van der Waals surface area contributed by atoms with E-state index in [1.807, 2.05) is 37.3 Å². The molecule has 1 aromatic heterocycles. The highest BCUT2D eigenvalue weighted by Gasteiger charge is 2.68. The minimum absolute atomic E-state index is 0.0999. The molecule has 150 valence electrons. The predicted molar refractivity (Wildman–Crippen MR) is 107 cm³/mol. The fourth-order valence-electron chi connectivity index (χ4n) is 4.41. The first-order valence-electron chi connectivity index (χ1n) is 9.40. The Hall–Kier alpha value is -2.84. The maximum atomic E-state index is 13.3. The van der Waals surface area contributed by atoms with Crippen LogP contribution in [0.4, 0.5) is 0 Å². The Bertz CT molecular complexity index is 960. The van der Waals surface area contributed by atoms with E-state index in [-0.39, 0.29) is 18.9 Å². The van der Waals surface area contributed by atoms with Crippen LogP contribution < -0.4 is 5.32 Å². The van der Waals surface area contributed by atoms with Gasteiger partial charge in [0, 0.05) is 24.5 Å². The second-order valence-corrected chi connectivity index (χ2v) is 8.22. The number of imide groups is 1. The highest BCUT2D eigenvalue weighted by atomic mass is 32.1. The van der Waals surface area contributed by atoms with Gasteiger partial charge in [0.1, 0.15) is 10.5 Å². The van der Waals surface area contributed by atoms with Crippen LogP contribution in [0, 0.1) is 11.8 Å². The van der Waals surface area contributed by atoms with Gasteiger partial charge in [-0.1, -0.05) is 42.5 Å². The normalized spacial score (nSPS) is 29.0. The number of hydrogen-bond donors (Lipinski definition) is 2. The van der Waals surface area contributed by atoms with Crippen molar-refractivity contribution in [3.05, 3.63) is 64.6 Å². The van der Waals surface area contributed by atoms with Crippen LogP contribution >= 0.6 is 11.3 Å². The number of amides is 2. The minimum Gasteiger partial charge on any atom is -0.480 e. The van der Waals surface area contributed by atoms with Gasteiger partial charge in [0.15, 0.2) is 0 Å². The predicted octanol–water partition coefficient (Wildman–Crippen LogP) is 2.03. The molecule has 2 saturated heterocycles. The summed E-state index contributed by atoms with van der Waals surface area (Å²) in [6, 6.07) is 8.55. The summed E-state index contributed by atoms with van der Waals surface area (Å²) in [6.45, 7) is 1.95. The van der Waals surface area contributed by atoms with Crippen molar-refractivity contribution in [1.82, 2.24) is 15.2 Å². The summed E-state index contributed by atoms with van der Waals surface area (Å²) >= 11 is 1.35. The lowest BCUT2D eigenvalue weighted by Gasteiger charge is -2.31. The van der Waals surface area contributed by atoms with E-state index in [4.69, 9.17) is 0 Å². The second-order valence-electron chi connectivity index (χ2n) is 7.29. The third-order valence-electron chi connectivity index (χ3n) is 5.69. The van der Waals surface area contributed by atoms with Crippen LogP contribution in [0.25, 0.3) is 0 Å². The summed E-state index contributed by atoms with van der Waals surface area (Å²) in [5.41, 5.74) is -0.798. The Balaban J connectivity index is 1.82. The minimum atomic E-state index is -1.58. The molecule has 0 aliphatic carbocycles. The highest BCUT2D eigenvalue weighted by molar-refractivity contribution is 7.09. The van der Waals surface area contributed by atoms with E-state index in [2.05, 4.69) is 10.3 Å². The van der Waals surface area contributed by atoms with E-state index in [1.165, 1.54) is 16.2 Å². The van der Waals surface area contributed by atoms with E-state index in [0.29, 0.717) is 5.01 Å².